The zero-order valence-electron chi connectivity index (χ0n) is 10.6. The van der Waals surface area contributed by atoms with Crippen LogP contribution in [0.4, 0.5) is 0 Å². The minimum absolute atomic E-state index is 0.102. The van der Waals surface area contributed by atoms with Gasteiger partial charge >= 0.3 is 0 Å². The van der Waals surface area contributed by atoms with E-state index >= 15 is 0 Å². The number of carbonyl (C=O) groups excluding carboxylic acids is 1. The number of halogens is 1. The fourth-order valence-electron chi connectivity index (χ4n) is 2.04. The lowest BCUT2D eigenvalue weighted by Crippen LogP contribution is -2.30. The van der Waals surface area contributed by atoms with Crippen LogP contribution in [0.3, 0.4) is 0 Å². The van der Waals surface area contributed by atoms with E-state index in [0.717, 1.165) is 33.9 Å². The minimum Gasteiger partial charge on any atom is -0.339 e. The molecule has 0 unspecified atom stereocenters. The lowest BCUT2D eigenvalue weighted by Gasteiger charge is -2.18. The molecule has 0 heterocycles. The molecule has 0 saturated carbocycles. The molecule has 18 heavy (non-hydrogen) atoms. The quantitative estimate of drug-likeness (QED) is 0.836. The Morgan fingerprint density at radius 2 is 1.67 bits per heavy atom. The molecule has 2 rings (SSSR count). The van der Waals surface area contributed by atoms with Crippen molar-refractivity contribution in [3.8, 4) is 0 Å². The minimum atomic E-state index is 0.102. The van der Waals surface area contributed by atoms with Crippen LogP contribution in [0.2, 0.25) is 0 Å². The Hall–Kier alpha value is -1.35. The van der Waals surface area contributed by atoms with Gasteiger partial charge < -0.3 is 4.90 Å². The summed E-state index contributed by atoms with van der Waals surface area (Å²) in [5.74, 6) is 0.102. The summed E-state index contributed by atoms with van der Waals surface area (Å²) in [7, 11) is 0. The van der Waals surface area contributed by atoms with E-state index in [1.54, 1.807) is 0 Å². The van der Waals surface area contributed by atoms with Gasteiger partial charge in [-0.3, -0.25) is 4.79 Å². The van der Waals surface area contributed by atoms with Gasteiger partial charge in [0.15, 0.2) is 0 Å². The molecule has 0 atom stereocenters. The second kappa shape index (κ2) is 5.53. The zero-order chi connectivity index (χ0) is 13.1. The van der Waals surface area contributed by atoms with Crippen molar-refractivity contribution in [2.24, 2.45) is 0 Å². The van der Waals surface area contributed by atoms with E-state index in [0.29, 0.717) is 0 Å². The average molecular weight is 306 g/mol. The summed E-state index contributed by atoms with van der Waals surface area (Å²) in [4.78, 5) is 14.1. The van der Waals surface area contributed by atoms with Gasteiger partial charge in [-0.1, -0.05) is 28.1 Å². The number of hydrogen-bond acceptors (Lipinski definition) is 1. The van der Waals surface area contributed by atoms with Crippen LogP contribution >= 0.6 is 15.9 Å². The van der Waals surface area contributed by atoms with Crippen molar-refractivity contribution in [1.82, 2.24) is 4.90 Å². The van der Waals surface area contributed by atoms with E-state index in [-0.39, 0.29) is 5.91 Å². The third kappa shape index (κ3) is 2.56. The van der Waals surface area contributed by atoms with E-state index in [2.05, 4.69) is 22.0 Å². The molecule has 0 aliphatic carbocycles. The molecule has 94 valence electrons. The smallest absolute Gasteiger partial charge is 0.253 e. The molecule has 1 amide bonds. The second-order valence-electron chi connectivity index (χ2n) is 4.18. The van der Waals surface area contributed by atoms with E-state index in [1.165, 1.54) is 0 Å². The van der Waals surface area contributed by atoms with Crippen molar-refractivity contribution in [2.75, 3.05) is 13.1 Å². The lowest BCUT2D eigenvalue weighted by atomic mass is 10.1. The van der Waals surface area contributed by atoms with Crippen molar-refractivity contribution in [1.29, 1.82) is 0 Å². The lowest BCUT2D eigenvalue weighted by molar-refractivity contribution is 0.0773. The van der Waals surface area contributed by atoms with Gasteiger partial charge in [0, 0.05) is 23.1 Å². The highest BCUT2D eigenvalue weighted by molar-refractivity contribution is 9.10. The molecule has 0 saturated heterocycles. The van der Waals surface area contributed by atoms with Gasteiger partial charge in [0.2, 0.25) is 0 Å². The SMILES string of the molecule is CCN(CC)C(=O)c1ccc2cc(Br)ccc2c1. The first-order valence-corrected chi connectivity index (χ1v) is 6.93. The Labute approximate surface area is 116 Å². The van der Waals surface area contributed by atoms with Crippen molar-refractivity contribution in [2.45, 2.75) is 13.8 Å². The molecule has 0 spiro atoms. The molecule has 2 aromatic rings. The maximum atomic E-state index is 12.2. The summed E-state index contributed by atoms with van der Waals surface area (Å²) >= 11 is 3.45. The number of hydrogen-bond donors (Lipinski definition) is 0. The van der Waals surface area contributed by atoms with Crippen molar-refractivity contribution in [3.05, 3.63) is 46.4 Å². The molecule has 0 fully saturated rings. The zero-order valence-corrected chi connectivity index (χ0v) is 12.2. The van der Waals surface area contributed by atoms with Gasteiger partial charge in [0.05, 0.1) is 0 Å². The molecule has 0 aliphatic rings. The molecular formula is C15H16BrNO. The Kier molecular flexibility index (Phi) is 4.02. The first-order valence-electron chi connectivity index (χ1n) is 6.14. The van der Waals surface area contributed by atoms with Gasteiger partial charge in [0.25, 0.3) is 5.91 Å². The fraction of sp³-hybridized carbons (Fsp3) is 0.267. The topological polar surface area (TPSA) is 20.3 Å². The summed E-state index contributed by atoms with van der Waals surface area (Å²) in [5, 5.41) is 2.23. The van der Waals surface area contributed by atoms with Crippen LogP contribution in [-0.4, -0.2) is 23.9 Å². The summed E-state index contributed by atoms with van der Waals surface area (Å²) in [5.41, 5.74) is 0.758. The molecule has 0 N–H and O–H groups in total. The first kappa shape index (κ1) is 13.1. The summed E-state index contributed by atoms with van der Waals surface area (Å²) < 4.78 is 1.05. The number of benzene rings is 2. The molecule has 3 heteroatoms. The first-order chi connectivity index (χ1) is 8.65. The number of fused-ring (bicyclic) bond motifs is 1. The Morgan fingerprint density at radius 1 is 1.06 bits per heavy atom. The predicted molar refractivity (Wildman–Crippen MR) is 78.9 cm³/mol. The van der Waals surface area contributed by atoms with Crippen LogP contribution in [0.1, 0.15) is 24.2 Å². The third-order valence-electron chi connectivity index (χ3n) is 3.10. The van der Waals surface area contributed by atoms with Gasteiger partial charge in [-0.25, -0.2) is 0 Å². The van der Waals surface area contributed by atoms with Crippen LogP contribution < -0.4 is 0 Å². The van der Waals surface area contributed by atoms with Gasteiger partial charge in [-0.15, -0.1) is 0 Å². The van der Waals surface area contributed by atoms with Gasteiger partial charge in [-0.05, 0) is 48.9 Å². The van der Waals surface area contributed by atoms with Crippen molar-refractivity contribution < 1.29 is 4.79 Å². The molecule has 0 bridgehead atoms. The summed E-state index contributed by atoms with van der Waals surface area (Å²) in [6.07, 6.45) is 0. The summed E-state index contributed by atoms with van der Waals surface area (Å²) in [6, 6.07) is 11.9. The fourth-order valence-corrected chi connectivity index (χ4v) is 2.42. The molecule has 2 nitrogen and oxygen atoms in total. The van der Waals surface area contributed by atoms with Crippen LogP contribution in [0.25, 0.3) is 10.8 Å². The predicted octanol–water partition coefficient (Wildman–Crippen LogP) is 4.08. The van der Waals surface area contributed by atoms with E-state index in [1.807, 2.05) is 49.1 Å². The highest BCUT2D eigenvalue weighted by atomic mass is 79.9. The number of amides is 1. The standard InChI is InChI=1S/C15H16BrNO/c1-3-17(4-2)15(18)13-6-5-12-10-14(16)8-7-11(12)9-13/h5-10H,3-4H2,1-2H3. The van der Waals surface area contributed by atoms with Gasteiger partial charge in [-0.2, -0.15) is 0 Å². The van der Waals surface area contributed by atoms with Crippen molar-refractivity contribution >= 4 is 32.6 Å². The van der Waals surface area contributed by atoms with E-state index in [4.69, 9.17) is 0 Å². The highest BCUT2D eigenvalue weighted by Crippen LogP contribution is 2.21. The van der Waals surface area contributed by atoms with Crippen LogP contribution in [-0.2, 0) is 0 Å². The van der Waals surface area contributed by atoms with Crippen LogP contribution in [0.5, 0.6) is 0 Å². The van der Waals surface area contributed by atoms with Crippen molar-refractivity contribution in [3.63, 3.8) is 0 Å². The number of rotatable bonds is 3. The molecule has 0 radical (unpaired) electrons. The molecule has 0 aliphatic heterocycles. The Morgan fingerprint density at radius 3 is 2.33 bits per heavy atom. The monoisotopic (exact) mass is 305 g/mol. The molecule has 2 aromatic carbocycles. The number of carbonyl (C=O) groups is 1. The molecule has 0 aromatic heterocycles. The van der Waals surface area contributed by atoms with Gasteiger partial charge in [0.1, 0.15) is 0 Å². The van der Waals surface area contributed by atoms with E-state index in [9.17, 15) is 4.79 Å². The van der Waals surface area contributed by atoms with E-state index < -0.39 is 0 Å². The number of nitrogens with zero attached hydrogens (tertiary/aromatic N) is 1. The largest absolute Gasteiger partial charge is 0.339 e. The average Bonchev–Trinajstić information content (AvgIpc) is 2.39. The Balaban J connectivity index is 2.41. The maximum absolute atomic E-state index is 12.2. The normalized spacial score (nSPS) is 10.6. The molecular weight excluding hydrogens is 290 g/mol. The second-order valence-corrected chi connectivity index (χ2v) is 5.10. The Bertz CT molecular complexity index is 576. The maximum Gasteiger partial charge on any atom is 0.253 e. The summed E-state index contributed by atoms with van der Waals surface area (Å²) in [6.45, 7) is 5.49. The third-order valence-corrected chi connectivity index (χ3v) is 3.59. The van der Waals surface area contributed by atoms with Crippen LogP contribution in [0, 0.1) is 0 Å². The highest BCUT2D eigenvalue weighted by Gasteiger charge is 2.12. The van der Waals surface area contributed by atoms with Crippen LogP contribution in [0.15, 0.2) is 40.9 Å².